The molecule has 0 unspecified atom stereocenters. The zero-order valence-corrected chi connectivity index (χ0v) is 18.1. The van der Waals surface area contributed by atoms with E-state index in [1.807, 2.05) is 30.3 Å². The molecule has 0 bridgehead atoms. The Morgan fingerprint density at radius 2 is 1.75 bits per heavy atom. The summed E-state index contributed by atoms with van der Waals surface area (Å²) in [4.78, 5) is 26.7. The van der Waals surface area contributed by atoms with Gasteiger partial charge in [-0.25, -0.2) is 4.39 Å². The van der Waals surface area contributed by atoms with E-state index in [9.17, 15) is 14.0 Å². The molecule has 2 amide bonds. The zero-order chi connectivity index (χ0) is 22.3. The molecule has 4 rings (SSSR count). The van der Waals surface area contributed by atoms with E-state index in [0.29, 0.717) is 37.3 Å². The van der Waals surface area contributed by atoms with Crippen molar-refractivity contribution in [2.24, 2.45) is 0 Å². The van der Waals surface area contributed by atoms with Gasteiger partial charge in [-0.2, -0.15) is 0 Å². The standard InChI is InChI=1S/C22H22FN5O3S/c23-18-9-5-4-8-17(18)21(30)24-14-19-25-26-22(28(19)16-6-2-1-3-7-16)32-15-20(29)27-10-12-31-13-11-27/h1-9H,10-15H2,(H,24,30). The zero-order valence-electron chi connectivity index (χ0n) is 17.2. The number of hydrogen-bond acceptors (Lipinski definition) is 6. The van der Waals surface area contributed by atoms with Crippen molar-refractivity contribution in [2.75, 3.05) is 32.1 Å². The molecule has 2 aromatic carbocycles. The molecule has 1 aromatic heterocycles. The van der Waals surface area contributed by atoms with Crippen LogP contribution in [0.4, 0.5) is 4.39 Å². The van der Waals surface area contributed by atoms with Gasteiger partial charge in [0.2, 0.25) is 5.91 Å². The summed E-state index contributed by atoms with van der Waals surface area (Å²) in [6, 6.07) is 15.2. The lowest BCUT2D eigenvalue weighted by Crippen LogP contribution is -2.41. The Morgan fingerprint density at radius 1 is 1.03 bits per heavy atom. The topological polar surface area (TPSA) is 89.3 Å². The first-order valence-corrected chi connectivity index (χ1v) is 11.1. The van der Waals surface area contributed by atoms with Crippen molar-refractivity contribution in [3.8, 4) is 5.69 Å². The molecule has 1 aliphatic rings. The third kappa shape index (κ3) is 5.14. The summed E-state index contributed by atoms with van der Waals surface area (Å²) in [6.45, 7) is 2.30. The van der Waals surface area contributed by atoms with Crippen LogP contribution in [0.1, 0.15) is 16.2 Å². The highest BCUT2D eigenvalue weighted by molar-refractivity contribution is 7.99. The maximum atomic E-state index is 13.9. The maximum absolute atomic E-state index is 13.9. The fourth-order valence-corrected chi connectivity index (χ4v) is 4.15. The first-order chi connectivity index (χ1) is 15.6. The number of morpholine rings is 1. The second-order valence-corrected chi connectivity index (χ2v) is 7.96. The van der Waals surface area contributed by atoms with E-state index in [1.165, 1.54) is 30.0 Å². The predicted octanol–water partition coefficient (Wildman–Crippen LogP) is 2.29. The number of ether oxygens (including phenoxy) is 1. The smallest absolute Gasteiger partial charge is 0.254 e. The van der Waals surface area contributed by atoms with E-state index in [-0.39, 0.29) is 23.8 Å². The molecule has 0 atom stereocenters. The first-order valence-electron chi connectivity index (χ1n) is 10.1. The second-order valence-electron chi connectivity index (χ2n) is 7.01. The molecule has 10 heteroatoms. The van der Waals surface area contributed by atoms with Gasteiger partial charge >= 0.3 is 0 Å². The largest absolute Gasteiger partial charge is 0.378 e. The van der Waals surface area contributed by atoms with Crippen molar-refractivity contribution in [3.63, 3.8) is 0 Å². The predicted molar refractivity (Wildman–Crippen MR) is 117 cm³/mol. The normalized spacial score (nSPS) is 13.7. The van der Waals surface area contributed by atoms with E-state index in [2.05, 4.69) is 15.5 Å². The van der Waals surface area contributed by atoms with Crippen LogP contribution in [0.2, 0.25) is 0 Å². The van der Waals surface area contributed by atoms with Gasteiger partial charge in [0.1, 0.15) is 5.82 Å². The van der Waals surface area contributed by atoms with Gasteiger partial charge < -0.3 is 15.0 Å². The molecule has 166 valence electrons. The summed E-state index contributed by atoms with van der Waals surface area (Å²) in [5, 5.41) is 11.7. The molecule has 0 aliphatic carbocycles. The van der Waals surface area contributed by atoms with Crippen LogP contribution in [0.25, 0.3) is 5.69 Å². The molecule has 0 saturated carbocycles. The lowest BCUT2D eigenvalue weighted by Gasteiger charge is -2.26. The molecule has 1 N–H and O–H groups in total. The second kappa shape index (κ2) is 10.4. The SMILES string of the molecule is O=C(NCc1nnc(SCC(=O)N2CCOCC2)n1-c1ccccc1)c1ccccc1F. The van der Waals surface area contributed by atoms with E-state index in [1.54, 1.807) is 15.5 Å². The Hall–Kier alpha value is -3.24. The number of halogens is 1. The minimum Gasteiger partial charge on any atom is -0.378 e. The Morgan fingerprint density at radius 3 is 2.50 bits per heavy atom. The number of hydrogen-bond donors (Lipinski definition) is 1. The lowest BCUT2D eigenvalue weighted by atomic mass is 10.2. The minimum absolute atomic E-state index is 0.00955. The highest BCUT2D eigenvalue weighted by atomic mass is 32.2. The van der Waals surface area contributed by atoms with Crippen LogP contribution in [0, 0.1) is 5.82 Å². The Labute approximate surface area is 188 Å². The number of amides is 2. The van der Waals surface area contributed by atoms with E-state index < -0.39 is 11.7 Å². The number of aromatic nitrogens is 3. The van der Waals surface area contributed by atoms with E-state index >= 15 is 0 Å². The lowest BCUT2D eigenvalue weighted by molar-refractivity contribution is -0.132. The molecule has 1 saturated heterocycles. The molecule has 1 fully saturated rings. The highest BCUT2D eigenvalue weighted by Crippen LogP contribution is 2.22. The average Bonchev–Trinajstić information content (AvgIpc) is 3.25. The summed E-state index contributed by atoms with van der Waals surface area (Å²) < 4.78 is 21.0. The fourth-order valence-electron chi connectivity index (χ4n) is 3.27. The van der Waals surface area contributed by atoms with Crippen LogP contribution in [0.15, 0.2) is 59.8 Å². The van der Waals surface area contributed by atoms with Gasteiger partial charge in [-0.05, 0) is 24.3 Å². The van der Waals surface area contributed by atoms with Crippen molar-refractivity contribution in [1.29, 1.82) is 0 Å². The number of carbonyl (C=O) groups excluding carboxylic acids is 2. The van der Waals surface area contributed by atoms with Crippen LogP contribution in [-0.2, 0) is 16.1 Å². The summed E-state index contributed by atoms with van der Waals surface area (Å²) >= 11 is 1.28. The molecule has 0 radical (unpaired) electrons. The Bertz CT molecular complexity index is 1090. The van der Waals surface area contributed by atoms with Crippen LogP contribution in [0.5, 0.6) is 0 Å². The first kappa shape index (κ1) is 22.0. The van der Waals surface area contributed by atoms with E-state index in [4.69, 9.17) is 4.74 Å². The van der Waals surface area contributed by atoms with Crippen LogP contribution < -0.4 is 5.32 Å². The van der Waals surface area contributed by atoms with Crippen LogP contribution in [0.3, 0.4) is 0 Å². The van der Waals surface area contributed by atoms with Gasteiger partial charge in [-0.1, -0.05) is 42.1 Å². The summed E-state index contributed by atoms with van der Waals surface area (Å²) in [7, 11) is 0. The van der Waals surface area contributed by atoms with Gasteiger partial charge in [0.05, 0.1) is 31.1 Å². The molecule has 3 aromatic rings. The number of para-hydroxylation sites is 1. The molecular formula is C22H22FN5O3S. The third-order valence-corrected chi connectivity index (χ3v) is 5.84. The van der Waals surface area contributed by atoms with Crippen molar-refractivity contribution >= 4 is 23.6 Å². The third-order valence-electron chi connectivity index (χ3n) is 4.93. The minimum atomic E-state index is -0.590. The molecular weight excluding hydrogens is 433 g/mol. The van der Waals surface area contributed by atoms with Crippen molar-refractivity contribution in [1.82, 2.24) is 25.0 Å². The Kier molecular flexibility index (Phi) is 7.13. The van der Waals surface area contributed by atoms with Crippen LogP contribution >= 0.6 is 11.8 Å². The maximum Gasteiger partial charge on any atom is 0.254 e. The molecule has 32 heavy (non-hydrogen) atoms. The molecule has 1 aliphatic heterocycles. The number of benzene rings is 2. The number of thioether (sulfide) groups is 1. The molecule has 2 heterocycles. The van der Waals surface area contributed by atoms with Gasteiger partial charge in [0, 0.05) is 18.8 Å². The van der Waals surface area contributed by atoms with Crippen LogP contribution in [-0.4, -0.2) is 63.5 Å². The van der Waals surface area contributed by atoms with Gasteiger partial charge in [0.25, 0.3) is 5.91 Å². The average molecular weight is 456 g/mol. The summed E-state index contributed by atoms with van der Waals surface area (Å²) in [5.74, 6) is -0.431. The number of rotatable bonds is 7. The fraction of sp³-hybridized carbons (Fsp3) is 0.273. The van der Waals surface area contributed by atoms with Crippen molar-refractivity contribution < 1.29 is 18.7 Å². The van der Waals surface area contributed by atoms with Crippen molar-refractivity contribution in [2.45, 2.75) is 11.7 Å². The molecule has 8 nitrogen and oxygen atoms in total. The quantitative estimate of drug-likeness (QED) is 0.550. The molecule has 0 spiro atoms. The number of nitrogens with zero attached hydrogens (tertiary/aromatic N) is 4. The monoisotopic (exact) mass is 455 g/mol. The Balaban J connectivity index is 1.50. The van der Waals surface area contributed by atoms with Gasteiger partial charge in [0.15, 0.2) is 11.0 Å². The summed E-state index contributed by atoms with van der Waals surface area (Å²) in [6.07, 6.45) is 0. The number of carbonyl (C=O) groups is 2. The van der Waals surface area contributed by atoms with Crippen molar-refractivity contribution in [3.05, 3.63) is 71.8 Å². The van der Waals surface area contributed by atoms with E-state index in [0.717, 1.165) is 5.69 Å². The van der Waals surface area contributed by atoms with Gasteiger partial charge in [-0.3, -0.25) is 14.2 Å². The van der Waals surface area contributed by atoms with Gasteiger partial charge in [-0.15, -0.1) is 10.2 Å². The summed E-state index contributed by atoms with van der Waals surface area (Å²) in [5.41, 5.74) is 0.762. The number of nitrogens with one attached hydrogen (secondary N) is 1. The highest BCUT2D eigenvalue weighted by Gasteiger charge is 2.21.